The summed E-state index contributed by atoms with van der Waals surface area (Å²) in [6.07, 6.45) is 0.806. The molecule has 24 heavy (non-hydrogen) atoms. The molecule has 1 aliphatic rings. The first-order valence-corrected chi connectivity index (χ1v) is 7.65. The van der Waals surface area contributed by atoms with Gasteiger partial charge < -0.3 is 9.80 Å². The Hall–Kier alpha value is -1.85. The minimum atomic E-state index is -0.482. The third-order valence-corrected chi connectivity index (χ3v) is 4.23. The van der Waals surface area contributed by atoms with Gasteiger partial charge in [0.15, 0.2) is 0 Å². The van der Waals surface area contributed by atoms with E-state index in [2.05, 4.69) is 0 Å². The van der Waals surface area contributed by atoms with Gasteiger partial charge in [0.25, 0.3) is 0 Å². The number of hydrogen-bond acceptors (Lipinski definition) is 2. The fourth-order valence-corrected chi connectivity index (χ4v) is 2.88. The minimum Gasteiger partial charge on any atom is -0.366 e. The van der Waals surface area contributed by atoms with Crippen LogP contribution >= 0.6 is 24.0 Å². The molecule has 1 amide bonds. The van der Waals surface area contributed by atoms with Gasteiger partial charge in [-0.15, -0.1) is 12.4 Å². The zero-order valence-electron chi connectivity index (χ0n) is 12.7. The van der Waals surface area contributed by atoms with Gasteiger partial charge in [-0.3, -0.25) is 4.79 Å². The van der Waals surface area contributed by atoms with Crippen LogP contribution in [-0.4, -0.2) is 37.5 Å². The van der Waals surface area contributed by atoms with Crippen LogP contribution in [0.25, 0.3) is 11.1 Å². The largest absolute Gasteiger partial charge is 0.366 e. The standard InChI is InChI=1S/C17H15ClF2N2O.ClH/c18-13-2-3-14(15(19)10-13)12-1-4-17(16(20)9-12)22-7-5-21(11-23)6-8-22;/h1-4,9-11H,5-8H2;1H. The Balaban J connectivity index is 0.00000208. The van der Waals surface area contributed by atoms with Crippen LogP contribution in [0.1, 0.15) is 0 Å². The number of carbonyl (C=O) groups is 1. The van der Waals surface area contributed by atoms with Gasteiger partial charge in [0.2, 0.25) is 6.41 Å². The summed E-state index contributed by atoms with van der Waals surface area (Å²) in [5.74, 6) is -0.888. The second-order valence-corrected chi connectivity index (χ2v) is 5.86. The fourth-order valence-electron chi connectivity index (χ4n) is 2.72. The monoisotopic (exact) mass is 372 g/mol. The Labute approximate surface area is 150 Å². The topological polar surface area (TPSA) is 23.6 Å². The van der Waals surface area contributed by atoms with Gasteiger partial charge in [0.1, 0.15) is 11.6 Å². The van der Waals surface area contributed by atoms with Crippen LogP contribution in [0.15, 0.2) is 36.4 Å². The normalized spacial score (nSPS) is 14.3. The van der Waals surface area contributed by atoms with Gasteiger partial charge in [-0.1, -0.05) is 17.7 Å². The molecule has 7 heteroatoms. The molecule has 0 saturated carbocycles. The Morgan fingerprint density at radius 2 is 1.67 bits per heavy atom. The lowest BCUT2D eigenvalue weighted by Crippen LogP contribution is -2.46. The van der Waals surface area contributed by atoms with Crippen molar-refractivity contribution in [3.63, 3.8) is 0 Å². The van der Waals surface area contributed by atoms with E-state index in [1.807, 2.05) is 4.90 Å². The van der Waals surface area contributed by atoms with Crippen molar-refractivity contribution in [2.75, 3.05) is 31.1 Å². The Bertz CT molecular complexity index is 735. The van der Waals surface area contributed by atoms with Gasteiger partial charge in [-0.25, -0.2) is 8.78 Å². The van der Waals surface area contributed by atoms with Gasteiger partial charge in [-0.05, 0) is 35.9 Å². The number of rotatable bonds is 3. The van der Waals surface area contributed by atoms with Crippen molar-refractivity contribution < 1.29 is 13.6 Å². The second-order valence-electron chi connectivity index (χ2n) is 5.42. The van der Waals surface area contributed by atoms with E-state index in [1.54, 1.807) is 23.1 Å². The second kappa shape index (κ2) is 7.81. The van der Waals surface area contributed by atoms with Crippen LogP contribution in [0, 0.1) is 11.6 Å². The molecule has 0 radical (unpaired) electrons. The molecule has 3 nitrogen and oxygen atoms in total. The van der Waals surface area contributed by atoms with Gasteiger partial charge in [0.05, 0.1) is 5.69 Å². The Kier molecular flexibility index (Phi) is 6.02. The molecule has 3 rings (SSSR count). The van der Waals surface area contributed by atoms with Gasteiger partial charge in [0, 0.05) is 36.8 Å². The quantitative estimate of drug-likeness (QED) is 0.760. The maximum Gasteiger partial charge on any atom is 0.209 e. The summed E-state index contributed by atoms with van der Waals surface area (Å²) in [5.41, 5.74) is 1.24. The number of amides is 1. The summed E-state index contributed by atoms with van der Waals surface area (Å²) in [6, 6.07) is 8.99. The molecule has 1 fully saturated rings. The highest BCUT2D eigenvalue weighted by atomic mass is 35.5. The maximum atomic E-state index is 14.4. The number of piperazine rings is 1. The van der Waals surface area contributed by atoms with E-state index in [0.717, 1.165) is 6.41 Å². The number of nitrogens with zero attached hydrogens (tertiary/aromatic N) is 2. The van der Waals surface area contributed by atoms with Crippen LogP contribution in [0.4, 0.5) is 14.5 Å². The molecule has 1 saturated heterocycles. The molecule has 128 valence electrons. The predicted molar refractivity (Wildman–Crippen MR) is 93.9 cm³/mol. The van der Waals surface area contributed by atoms with Crippen LogP contribution in [-0.2, 0) is 4.79 Å². The lowest BCUT2D eigenvalue weighted by Gasteiger charge is -2.34. The maximum absolute atomic E-state index is 14.4. The van der Waals surface area contributed by atoms with E-state index in [-0.39, 0.29) is 12.4 Å². The smallest absolute Gasteiger partial charge is 0.209 e. The molecule has 0 spiro atoms. The van der Waals surface area contributed by atoms with E-state index in [4.69, 9.17) is 11.6 Å². The van der Waals surface area contributed by atoms with E-state index >= 15 is 0 Å². The fraction of sp³-hybridized carbons (Fsp3) is 0.235. The number of carbonyl (C=O) groups excluding carboxylic acids is 1. The molecular weight excluding hydrogens is 357 g/mol. The van der Waals surface area contributed by atoms with Crippen molar-refractivity contribution in [3.05, 3.63) is 53.1 Å². The summed E-state index contributed by atoms with van der Waals surface area (Å²) in [5, 5.41) is 0.302. The molecule has 1 aliphatic heterocycles. The number of halogens is 4. The van der Waals surface area contributed by atoms with Gasteiger partial charge in [-0.2, -0.15) is 0 Å². The van der Waals surface area contributed by atoms with E-state index in [9.17, 15) is 13.6 Å². The number of hydrogen-bond donors (Lipinski definition) is 0. The summed E-state index contributed by atoms with van der Waals surface area (Å²) >= 11 is 5.74. The average Bonchev–Trinajstić information content (AvgIpc) is 2.55. The van der Waals surface area contributed by atoms with Crippen LogP contribution < -0.4 is 4.90 Å². The third-order valence-electron chi connectivity index (χ3n) is 3.99. The molecule has 2 aromatic rings. The van der Waals surface area contributed by atoms with E-state index in [0.29, 0.717) is 48.0 Å². The van der Waals surface area contributed by atoms with Crippen LogP contribution in [0.5, 0.6) is 0 Å². The summed E-state index contributed by atoms with van der Waals surface area (Å²) in [7, 11) is 0. The van der Waals surface area contributed by atoms with Crippen molar-refractivity contribution in [2.24, 2.45) is 0 Å². The van der Waals surface area contributed by atoms with Crippen molar-refractivity contribution in [3.8, 4) is 11.1 Å². The molecule has 0 aromatic heterocycles. The van der Waals surface area contributed by atoms with Crippen molar-refractivity contribution in [1.82, 2.24) is 4.90 Å². The number of anilines is 1. The van der Waals surface area contributed by atoms with Crippen molar-refractivity contribution in [1.29, 1.82) is 0 Å². The zero-order valence-corrected chi connectivity index (χ0v) is 14.3. The minimum absolute atomic E-state index is 0. The number of benzene rings is 2. The highest BCUT2D eigenvalue weighted by Gasteiger charge is 2.19. The Morgan fingerprint density at radius 3 is 2.25 bits per heavy atom. The molecule has 0 N–H and O–H groups in total. The molecule has 0 atom stereocenters. The highest BCUT2D eigenvalue weighted by Crippen LogP contribution is 2.29. The first-order chi connectivity index (χ1) is 11.1. The summed E-state index contributed by atoms with van der Waals surface area (Å²) in [6.45, 7) is 2.28. The Morgan fingerprint density at radius 1 is 0.958 bits per heavy atom. The first-order valence-electron chi connectivity index (χ1n) is 7.28. The van der Waals surface area contributed by atoms with E-state index < -0.39 is 11.6 Å². The third kappa shape index (κ3) is 3.79. The lowest BCUT2D eigenvalue weighted by molar-refractivity contribution is -0.118. The molecule has 1 heterocycles. The van der Waals surface area contributed by atoms with Gasteiger partial charge >= 0.3 is 0 Å². The highest BCUT2D eigenvalue weighted by molar-refractivity contribution is 6.30. The summed E-state index contributed by atoms with van der Waals surface area (Å²) < 4.78 is 28.4. The van der Waals surface area contributed by atoms with Crippen LogP contribution in [0.2, 0.25) is 5.02 Å². The van der Waals surface area contributed by atoms with Crippen molar-refractivity contribution in [2.45, 2.75) is 0 Å². The molecule has 0 aliphatic carbocycles. The lowest BCUT2D eigenvalue weighted by atomic mass is 10.0. The molecular formula is C17H16Cl2F2N2O. The SMILES string of the molecule is Cl.O=CN1CCN(c2ccc(-c3ccc(Cl)cc3F)cc2F)CC1. The average molecular weight is 373 g/mol. The van der Waals surface area contributed by atoms with Crippen molar-refractivity contribution >= 4 is 36.1 Å². The first kappa shape index (κ1) is 18.5. The zero-order chi connectivity index (χ0) is 16.4. The van der Waals surface area contributed by atoms with E-state index in [1.165, 1.54) is 18.2 Å². The predicted octanol–water partition coefficient (Wildman–Crippen LogP) is 3.99. The molecule has 0 bridgehead atoms. The molecule has 2 aromatic carbocycles. The molecule has 0 unspecified atom stereocenters. The van der Waals surface area contributed by atoms with Crippen LogP contribution in [0.3, 0.4) is 0 Å². The summed E-state index contributed by atoms with van der Waals surface area (Å²) in [4.78, 5) is 14.3.